The van der Waals surface area contributed by atoms with Crippen LogP contribution in [0.25, 0.3) is 11.0 Å². The molecular weight excluding hydrogens is 260 g/mol. The molecule has 0 saturated carbocycles. The Balaban J connectivity index is 0.00000162. The Kier molecular flexibility index (Phi) is 4.28. The number of benzene rings is 1. The number of carbonyl (C=O) groups excluding carboxylic acids is 1. The summed E-state index contributed by atoms with van der Waals surface area (Å²) in [5.41, 5.74) is 1.42. The highest BCUT2D eigenvalue weighted by Gasteiger charge is 2.08. The average molecular weight is 270 g/mol. The topological polar surface area (TPSA) is 92.3 Å². The van der Waals surface area contributed by atoms with Gasteiger partial charge in [-0.25, -0.2) is 9.78 Å². The summed E-state index contributed by atoms with van der Waals surface area (Å²) in [4.78, 5) is 28.5. The first kappa shape index (κ1) is 14.0. The maximum atomic E-state index is 10.8. The Morgan fingerprint density at radius 1 is 1.44 bits per heavy atom. The zero-order valence-corrected chi connectivity index (χ0v) is 10.2. The molecule has 2 rings (SSSR count). The molecule has 1 heterocycles. The fraction of sp³-hybridized carbons (Fsp3) is 0.182. The molecule has 7 heteroatoms. The van der Waals surface area contributed by atoms with Gasteiger partial charge in [0.25, 0.3) is 0 Å². The van der Waals surface area contributed by atoms with Crippen LogP contribution in [0.15, 0.2) is 18.2 Å². The summed E-state index contributed by atoms with van der Waals surface area (Å²) < 4.78 is 4.79. The van der Waals surface area contributed by atoms with Crippen LogP contribution >= 0.6 is 0 Å². The molecule has 0 aliphatic heterocycles. The van der Waals surface area contributed by atoms with Gasteiger partial charge in [0.05, 0.1) is 16.6 Å². The van der Waals surface area contributed by atoms with Crippen molar-refractivity contribution in [3.8, 4) is 0 Å². The Bertz CT molecular complexity index is 594. The molecule has 0 amide bonds. The number of hydrogen-bond acceptors (Lipinski definition) is 4. The molecule has 6 nitrogen and oxygen atoms in total. The number of nitrogens with zero attached hydrogens (tertiary/aromatic N) is 1. The highest BCUT2D eigenvalue weighted by molar-refractivity contribution is 5.92. The summed E-state index contributed by atoms with van der Waals surface area (Å²) >= 11 is 0. The van der Waals surface area contributed by atoms with Crippen molar-refractivity contribution in [1.82, 2.24) is 9.97 Å². The summed E-state index contributed by atoms with van der Waals surface area (Å²) in [6, 6.07) is 4.57. The van der Waals surface area contributed by atoms with Crippen molar-refractivity contribution >= 4 is 23.0 Å². The van der Waals surface area contributed by atoms with Crippen LogP contribution in [0.2, 0.25) is 0 Å². The lowest BCUT2D eigenvalue weighted by Gasteiger charge is -1.96. The van der Waals surface area contributed by atoms with E-state index in [9.17, 15) is 9.59 Å². The second-order valence-corrected chi connectivity index (χ2v) is 3.50. The van der Waals surface area contributed by atoms with Gasteiger partial charge in [0.2, 0.25) is 0 Å². The van der Waals surface area contributed by atoms with Crippen molar-refractivity contribution in [3.05, 3.63) is 29.6 Å². The lowest BCUT2D eigenvalue weighted by atomic mass is 10.2. The first-order valence-corrected chi connectivity index (χ1v) is 4.91. The van der Waals surface area contributed by atoms with Crippen LogP contribution in [0.4, 0.5) is 0 Å². The predicted molar refractivity (Wildman–Crippen MR) is 58.5 cm³/mol. The summed E-state index contributed by atoms with van der Waals surface area (Å²) in [5, 5.41) is 8.82. The number of carboxylic acids is 1. The molecule has 0 spiro atoms. The quantitative estimate of drug-likeness (QED) is 0.650. The highest BCUT2D eigenvalue weighted by Crippen LogP contribution is 2.14. The number of halogens is 1. The van der Waals surface area contributed by atoms with E-state index in [2.05, 4.69) is 9.97 Å². The Hall–Kier alpha value is -2.08. The molecular formula is C11H10ClN2O4-. The zero-order chi connectivity index (χ0) is 12.4. The van der Waals surface area contributed by atoms with Crippen LogP contribution in [0.1, 0.15) is 23.1 Å². The number of esters is 1. The number of aromatic nitrogens is 2. The molecule has 0 fully saturated rings. The van der Waals surface area contributed by atoms with E-state index in [0.29, 0.717) is 16.9 Å². The lowest BCUT2D eigenvalue weighted by Crippen LogP contribution is -3.00. The smallest absolute Gasteiger partial charge is 0.335 e. The number of rotatable bonds is 3. The highest BCUT2D eigenvalue weighted by atomic mass is 35.5. The summed E-state index contributed by atoms with van der Waals surface area (Å²) in [6.07, 6.45) is 0. The van der Waals surface area contributed by atoms with E-state index in [4.69, 9.17) is 9.84 Å². The van der Waals surface area contributed by atoms with Crippen molar-refractivity contribution in [1.29, 1.82) is 0 Å². The van der Waals surface area contributed by atoms with Gasteiger partial charge in [-0.15, -0.1) is 0 Å². The Morgan fingerprint density at radius 3 is 2.78 bits per heavy atom. The van der Waals surface area contributed by atoms with Crippen molar-refractivity contribution in [2.24, 2.45) is 0 Å². The maximum absolute atomic E-state index is 10.8. The van der Waals surface area contributed by atoms with Crippen LogP contribution < -0.4 is 12.4 Å². The van der Waals surface area contributed by atoms with Crippen molar-refractivity contribution in [3.63, 3.8) is 0 Å². The minimum atomic E-state index is -0.997. The minimum Gasteiger partial charge on any atom is -1.00 e. The van der Waals surface area contributed by atoms with Gasteiger partial charge in [0.15, 0.2) is 0 Å². The Morgan fingerprint density at radius 2 is 2.17 bits per heavy atom. The van der Waals surface area contributed by atoms with E-state index in [1.54, 1.807) is 6.07 Å². The lowest BCUT2D eigenvalue weighted by molar-refractivity contribution is -0.142. The summed E-state index contributed by atoms with van der Waals surface area (Å²) in [5.74, 6) is -0.905. The third kappa shape index (κ3) is 2.98. The van der Waals surface area contributed by atoms with E-state index in [1.807, 2.05) is 0 Å². The number of H-pyrrole nitrogens is 1. The average Bonchev–Trinajstić information content (AvgIpc) is 2.67. The van der Waals surface area contributed by atoms with Crippen LogP contribution in [-0.2, 0) is 16.1 Å². The van der Waals surface area contributed by atoms with Gasteiger partial charge in [0.1, 0.15) is 12.4 Å². The zero-order valence-electron chi connectivity index (χ0n) is 9.44. The van der Waals surface area contributed by atoms with Gasteiger partial charge >= 0.3 is 11.9 Å². The number of carboxylic acid groups (broad SMARTS) is 1. The minimum absolute atomic E-state index is 0. The molecule has 0 aliphatic rings. The molecule has 0 saturated heterocycles. The van der Waals surface area contributed by atoms with Gasteiger partial charge in [-0.1, -0.05) is 0 Å². The molecule has 0 bridgehead atoms. The number of ether oxygens (including phenoxy) is 1. The fourth-order valence-corrected chi connectivity index (χ4v) is 1.43. The largest absolute Gasteiger partial charge is 1.00 e. The number of carbonyl (C=O) groups is 2. The molecule has 2 aromatic rings. The standard InChI is InChI=1S/C11H10N2O4.ClH/c1-6(14)17-5-10-12-8-3-2-7(11(15)16)4-9(8)13-10;/h2-4H,5H2,1H3,(H,12,13)(H,15,16);1H/p-1. The van der Waals surface area contributed by atoms with Gasteiger partial charge in [-0.2, -0.15) is 0 Å². The number of hydrogen-bond donors (Lipinski definition) is 2. The molecule has 1 aromatic carbocycles. The maximum Gasteiger partial charge on any atom is 0.335 e. The van der Waals surface area contributed by atoms with E-state index < -0.39 is 11.9 Å². The molecule has 0 atom stereocenters. The SMILES string of the molecule is CC(=O)OCc1nc2ccc(C(=O)O)cc2[nH]1.[Cl-]. The number of aromatic amines is 1. The van der Waals surface area contributed by atoms with Gasteiger partial charge < -0.3 is 27.2 Å². The first-order valence-electron chi connectivity index (χ1n) is 4.91. The van der Waals surface area contributed by atoms with Crippen LogP contribution in [0.5, 0.6) is 0 Å². The molecule has 0 aliphatic carbocycles. The number of nitrogens with one attached hydrogen (secondary N) is 1. The van der Waals surface area contributed by atoms with E-state index in [0.717, 1.165) is 0 Å². The summed E-state index contributed by atoms with van der Waals surface area (Å²) in [7, 11) is 0. The van der Waals surface area contributed by atoms with Crippen LogP contribution in [-0.4, -0.2) is 27.0 Å². The van der Waals surface area contributed by atoms with Crippen molar-refractivity contribution < 1.29 is 31.8 Å². The second-order valence-electron chi connectivity index (χ2n) is 3.50. The van der Waals surface area contributed by atoms with E-state index in [-0.39, 0.29) is 24.6 Å². The fourth-order valence-electron chi connectivity index (χ4n) is 1.43. The normalized spacial score (nSPS) is 9.83. The monoisotopic (exact) mass is 269 g/mol. The van der Waals surface area contributed by atoms with Gasteiger partial charge in [0, 0.05) is 6.92 Å². The molecule has 18 heavy (non-hydrogen) atoms. The number of fused-ring (bicyclic) bond motifs is 1. The predicted octanol–water partition coefficient (Wildman–Crippen LogP) is -1.67. The van der Waals surface area contributed by atoms with Crippen LogP contribution in [0, 0.1) is 0 Å². The van der Waals surface area contributed by atoms with Crippen molar-refractivity contribution in [2.75, 3.05) is 0 Å². The third-order valence-corrected chi connectivity index (χ3v) is 2.19. The van der Waals surface area contributed by atoms with E-state index in [1.165, 1.54) is 19.1 Å². The second kappa shape index (κ2) is 5.50. The molecule has 1 aromatic heterocycles. The molecule has 96 valence electrons. The van der Waals surface area contributed by atoms with Gasteiger partial charge in [-0.3, -0.25) is 4.79 Å². The Labute approximate surface area is 108 Å². The van der Waals surface area contributed by atoms with Crippen molar-refractivity contribution in [2.45, 2.75) is 13.5 Å². The molecule has 0 radical (unpaired) electrons. The van der Waals surface area contributed by atoms with E-state index >= 15 is 0 Å². The molecule has 2 N–H and O–H groups in total. The summed E-state index contributed by atoms with van der Waals surface area (Å²) in [6.45, 7) is 1.36. The number of imidazole rings is 1. The number of aromatic carboxylic acids is 1. The molecule has 0 unspecified atom stereocenters. The van der Waals surface area contributed by atoms with Crippen LogP contribution in [0.3, 0.4) is 0 Å². The first-order chi connectivity index (χ1) is 8.06. The van der Waals surface area contributed by atoms with Gasteiger partial charge in [-0.05, 0) is 18.2 Å². The third-order valence-electron chi connectivity index (χ3n) is 2.19.